The van der Waals surface area contributed by atoms with Crippen LogP contribution in [-0.4, -0.2) is 16.6 Å². The maximum Gasteiger partial charge on any atom is 0.119 e. The molecule has 28 heavy (non-hydrogen) atoms. The average Bonchev–Trinajstić information content (AvgIpc) is 2.74. The van der Waals surface area contributed by atoms with Gasteiger partial charge in [-0.05, 0) is 61.3 Å². The van der Waals surface area contributed by atoms with Crippen molar-refractivity contribution >= 4 is 0 Å². The number of benzene rings is 1. The van der Waals surface area contributed by atoms with Gasteiger partial charge >= 0.3 is 0 Å². The van der Waals surface area contributed by atoms with Crippen molar-refractivity contribution in [1.82, 2.24) is 9.97 Å². The highest BCUT2D eigenvalue weighted by Crippen LogP contribution is 2.27. The molecule has 1 heterocycles. The third kappa shape index (κ3) is 8.86. The molecule has 3 heteroatoms. The molecule has 0 aliphatic heterocycles. The second-order valence-corrected chi connectivity index (χ2v) is 7.78. The summed E-state index contributed by atoms with van der Waals surface area (Å²) in [6.45, 7) is 5.38. The van der Waals surface area contributed by atoms with E-state index in [9.17, 15) is 0 Å². The molecule has 0 amide bonds. The molecular weight excluding hydrogens is 344 g/mol. The normalized spacial score (nSPS) is 12.1. The van der Waals surface area contributed by atoms with E-state index in [0.717, 1.165) is 25.2 Å². The van der Waals surface area contributed by atoms with Crippen LogP contribution in [0.1, 0.15) is 95.1 Å². The lowest BCUT2D eigenvalue weighted by Gasteiger charge is -2.16. The molecule has 0 aliphatic rings. The van der Waals surface area contributed by atoms with Crippen LogP contribution in [0, 0.1) is 0 Å². The molecule has 3 nitrogen and oxygen atoms in total. The first-order chi connectivity index (χ1) is 13.8. The van der Waals surface area contributed by atoms with Gasteiger partial charge in [0, 0.05) is 12.4 Å². The van der Waals surface area contributed by atoms with Crippen LogP contribution < -0.4 is 4.74 Å². The summed E-state index contributed by atoms with van der Waals surface area (Å²) in [5, 5.41) is 0. The molecule has 1 atom stereocenters. The monoisotopic (exact) mass is 382 g/mol. The van der Waals surface area contributed by atoms with Gasteiger partial charge in [-0.25, -0.2) is 9.97 Å². The minimum atomic E-state index is 0.668. The number of aryl methyl sites for hydroxylation is 1. The average molecular weight is 383 g/mol. The van der Waals surface area contributed by atoms with E-state index in [1.807, 2.05) is 12.4 Å². The number of nitrogens with zero attached hydrogens (tertiary/aromatic N) is 2. The lowest BCUT2D eigenvalue weighted by molar-refractivity contribution is 0.305. The molecule has 0 fully saturated rings. The fourth-order valence-corrected chi connectivity index (χ4v) is 3.69. The predicted molar refractivity (Wildman–Crippen MR) is 118 cm³/mol. The number of hydrogen-bond donors (Lipinski definition) is 0. The molecule has 0 spiro atoms. The molecule has 2 aromatic rings. The third-order valence-corrected chi connectivity index (χ3v) is 5.49. The van der Waals surface area contributed by atoms with Gasteiger partial charge in [0.1, 0.15) is 12.1 Å². The molecule has 1 aromatic heterocycles. The zero-order valence-corrected chi connectivity index (χ0v) is 17.9. The molecule has 154 valence electrons. The number of rotatable bonds is 15. The van der Waals surface area contributed by atoms with Gasteiger partial charge in [-0.15, -0.1) is 0 Å². The van der Waals surface area contributed by atoms with Crippen LogP contribution in [0.15, 0.2) is 43.0 Å². The number of aromatic nitrogens is 2. The Morgan fingerprint density at radius 2 is 1.54 bits per heavy atom. The summed E-state index contributed by atoms with van der Waals surface area (Å²) in [6, 6.07) is 8.84. The van der Waals surface area contributed by atoms with Crippen molar-refractivity contribution in [3.63, 3.8) is 0 Å². The van der Waals surface area contributed by atoms with Gasteiger partial charge < -0.3 is 4.74 Å². The summed E-state index contributed by atoms with van der Waals surface area (Å²) in [7, 11) is 0. The lowest BCUT2D eigenvalue weighted by Crippen LogP contribution is -2.00. The van der Waals surface area contributed by atoms with E-state index in [-0.39, 0.29) is 0 Å². The van der Waals surface area contributed by atoms with Crippen LogP contribution in [-0.2, 0) is 6.42 Å². The van der Waals surface area contributed by atoms with Crippen LogP contribution in [0.25, 0.3) is 0 Å². The molecule has 1 unspecified atom stereocenters. The van der Waals surface area contributed by atoms with E-state index >= 15 is 0 Å². The molecule has 2 rings (SSSR count). The van der Waals surface area contributed by atoms with Crippen molar-refractivity contribution in [3.05, 3.63) is 54.1 Å². The van der Waals surface area contributed by atoms with E-state index < -0.39 is 0 Å². The second kappa shape index (κ2) is 14.1. The van der Waals surface area contributed by atoms with E-state index in [2.05, 4.69) is 48.1 Å². The first-order valence-electron chi connectivity index (χ1n) is 11.3. The summed E-state index contributed by atoms with van der Waals surface area (Å²) in [5.41, 5.74) is 2.71. The van der Waals surface area contributed by atoms with Crippen molar-refractivity contribution in [3.8, 4) is 5.75 Å². The maximum atomic E-state index is 5.87. The van der Waals surface area contributed by atoms with Crippen LogP contribution in [0.2, 0.25) is 0 Å². The highest BCUT2D eigenvalue weighted by Gasteiger charge is 2.09. The maximum absolute atomic E-state index is 5.87. The summed E-state index contributed by atoms with van der Waals surface area (Å²) in [5.74, 6) is 1.68. The lowest BCUT2D eigenvalue weighted by atomic mass is 9.90. The highest BCUT2D eigenvalue weighted by molar-refractivity contribution is 5.29. The molecular formula is C25H38N2O. The van der Waals surface area contributed by atoms with Crippen molar-refractivity contribution < 1.29 is 4.74 Å². The largest absolute Gasteiger partial charge is 0.494 e. The van der Waals surface area contributed by atoms with Crippen molar-refractivity contribution in [2.24, 2.45) is 0 Å². The molecule has 1 aromatic carbocycles. The standard InChI is InChI=1S/C25H38N2O/c1-3-5-6-11-18-28-25-16-14-24(15-17-25)23(4-2)13-10-8-7-9-12-22-19-26-21-27-20-22/h14-17,19-21,23H,3-13,18H2,1-2H3. The van der Waals surface area contributed by atoms with Crippen LogP contribution in [0.4, 0.5) is 0 Å². The quantitative estimate of drug-likeness (QED) is 0.307. The Labute approximate surface area is 172 Å². The van der Waals surface area contributed by atoms with Gasteiger partial charge in [-0.3, -0.25) is 0 Å². The molecule has 0 saturated heterocycles. The SMILES string of the molecule is CCCCCCOc1ccc(C(CC)CCCCCCc2cncnc2)cc1. The van der Waals surface area contributed by atoms with Crippen molar-refractivity contribution in [1.29, 1.82) is 0 Å². The molecule has 0 radical (unpaired) electrons. The summed E-state index contributed by atoms with van der Waals surface area (Å²) in [6.07, 6.45) is 19.2. The zero-order chi connectivity index (χ0) is 19.9. The van der Waals surface area contributed by atoms with Gasteiger partial charge in [0.2, 0.25) is 0 Å². The fourth-order valence-electron chi connectivity index (χ4n) is 3.69. The Morgan fingerprint density at radius 1 is 0.821 bits per heavy atom. The van der Waals surface area contributed by atoms with E-state index in [4.69, 9.17) is 4.74 Å². The summed E-state index contributed by atoms with van der Waals surface area (Å²) < 4.78 is 5.87. The highest BCUT2D eigenvalue weighted by atomic mass is 16.5. The van der Waals surface area contributed by atoms with Gasteiger partial charge in [-0.2, -0.15) is 0 Å². The topological polar surface area (TPSA) is 35.0 Å². The Morgan fingerprint density at radius 3 is 2.25 bits per heavy atom. The first-order valence-corrected chi connectivity index (χ1v) is 11.3. The Kier molecular flexibility index (Phi) is 11.3. The predicted octanol–water partition coefficient (Wildman–Crippen LogP) is 7.12. The number of hydrogen-bond acceptors (Lipinski definition) is 3. The summed E-state index contributed by atoms with van der Waals surface area (Å²) >= 11 is 0. The smallest absolute Gasteiger partial charge is 0.119 e. The molecule has 0 saturated carbocycles. The number of ether oxygens (including phenoxy) is 1. The van der Waals surface area contributed by atoms with Gasteiger partial charge in [0.05, 0.1) is 6.61 Å². The van der Waals surface area contributed by atoms with Gasteiger partial charge in [0.25, 0.3) is 0 Å². The van der Waals surface area contributed by atoms with Crippen LogP contribution in [0.5, 0.6) is 5.75 Å². The van der Waals surface area contributed by atoms with Crippen molar-refractivity contribution in [2.45, 2.75) is 90.4 Å². The van der Waals surface area contributed by atoms with Crippen molar-refractivity contribution in [2.75, 3.05) is 6.61 Å². The molecule has 0 aliphatic carbocycles. The van der Waals surface area contributed by atoms with Gasteiger partial charge in [0.15, 0.2) is 0 Å². The first kappa shape index (κ1) is 22.4. The minimum Gasteiger partial charge on any atom is -0.494 e. The Hall–Kier alpha value is -1.90. The Bertz CT molecular complexity index is 612. The number of unbranched alkanes of at least 4 members (excludes halogenated alkanes) is 6. The zero-order valence-electron chi connectivity index (χ0n) is 17.9. The van der Waals surface area contributed by atoms with E-state index in [1.54, 1.807) is 6.33 Å². The molecule has 0 N–H and O–H groups in total. The third-order valence-electron chi connectivity index (χ3n) is 5.49. The van der Waals surface area contributed by atoms with E-state index in [1.165, 1.54) is 68.9 Å². The van der Waals surface area contributed by atoms with E-state index in [0.29, 0.717) is 5.92 Å². The minimum absolute atomic E-state index is 0.668. The fraction of sp³-hybridized carbons (Fsp3) is 0.600. The second-order valence-electron chi connectivity index (χ2n) is 7.78. The summed E-state index contributed by atoms with van der Waals surface area (Å²) in [4.78, 5) is 8.16. The Balaban J connectivity index is 1.62. The molecule has 0 bridgehead atoms. The van der Waals surface area contributed by atoms with Crippen LogP contribution >= 0.6 is 0 Å². The van der Waals surface area contributed by atoms with Gasteiger partial charge in [-0.1, -0.05) is 64.5 Å². The van der Waals surface area contributed by atoms with Crippen LogP contribution in [0.3, 0.4) is 0 Å².